The fourth-order valence-electron chi connectivity index (χ4n) is 2.33. The molecule has 1 aromatic carbocycles. The predicted molar refractivity (Wildman–Crippen MR) is 77.1 cm³/mol. The van der Waals surface area contributed by atoms with Crippen LogP contribution in [0.15, 0.2) is 24.3 Å². The van der Waals surface area contributed by atoms with Crippen LogP contribution in [0.2, 0.25) is 0 Å². The molecular formula is C14H20FNO4S. The molecule has 1 aliphatic rings. The molecule has 0 spiro atoms. The van der Waals surface area contributed by atoms with E-state index in [9.17, 15) is 17.9 Å². The first-order chi connectivity index (χ1) is 9.89. The van der Waals surface area contributed by atoms with Crippen LogP contribution in [0, 0.1) is 5.82 Å². The largest absolute Gasteiger partial charge is 0.492 e. The van der Waals surface area contributed by atoms with Crippen molar-refractivity contribution < 1.29 is 22.7 Å². The van der Waals surface area contributed by atoms with Crippen LogP contribution in [0.4, 0.5) is 4.39 Å². The minimum atomic E-state index is -3.49. The van der Waals surface area contributed by atoms with Crippen molar-refractivity contribution >= 4 is 10.0 Å². The van der Waals surface area contributed by atoms with Gasteiger partial charge in [0.15, 0.2) is 0 Å². The van der Waals surface area contributed by atoms with E-state index in [2.05, 4.69) is 4.72 Å². The second kappa shape index (κ2) is 6.72. The monoisotopic (exact) mass is 317 g/mol. The van der Waals surface area contributed by atoms with E-state index in [1.54, 1.807) is 0 Å². The highest BCUT2D eigenvalue weighted by Gasteiger charge is 2.32. The minimum Gasteiger partial charge on any atom is -0.492 e. The van der Waals surface area contributed by atoms with Gasteiger partial charge in [-0.3, -0.25) is 0 Å². The highest BCUT2D eigenvalue weighted by atomic mass is 32.2. The zero-order chi connectivity index (χ0) is 15.3. The lowest BCUT2D eigenvalue weighted by molar-refractivity contribution is 0.0531. The molecule has 2 N–H and O–H groups in total. The van der Waals surface area contributed by atoms with E-state index >= 15 is 0 Å². The van der Waals surface area contributed by atoms with Crippen LogP contribution in [0.5, 0.6) is 5.75 Å². The van der Waals surface area contributed by atoms with Crippen molar-refractivity contribution in [3.63, 3.8) is 0 Å². The molecule has 118 valence electrons. The van der Waals surface area contributed by atoms with Crippen LogP contribution in [0.1, 0.15) is 25.7 Å². The lowest BCUT2D eigenvalue weighted by Crippen LogP contribution is -2.42. The highest BCUT2D eigenvalue weighted by Crippen LogP contribution is 2.28. The van der Waals surface area contributed by atoms with E-state index in [0.29, 0.717) is 18.6 Å². The quantitative estimate of drug-likeness (QED) is 0.798. The van der Waals surface area contributed by atoms with Crippen molar-refractivity contribution in [2.24, 2.45) is 0 Å². The Balaban J connectivity index is 1.74. The molecular weight excluding hydrogens is 297 g/mol. The van der Waals surface area contributed by atoms with Crippen LogP contribution < -0.4 is 9.46 Å². The lowest BCUT2D eigenvalue weighted by atomic mass is 10.0. The molecule has 1 aromatic rings. The summed E-state index contributed by atoms with van der Waals surface area (Å²) in [6.45, 7) is 0.0191. The number of nitrogens with one attached hydrogen (secondary N) is 1. The van der Waals surface area contributed by atoms with Gasteiger partial charge in [-0.1, -0.05) is 12.8 Å². The van der Waals surface area contributed by atoms with E-state index in [-0.39, 0.29) is 24.7 Å². The van der Waals surface area contributed by atoms with Gasteiger partial charge in [-0.05, 0) is 37.1 Å². The summed E-state index contributed by atoms with van der Waals surface area (Å²) in [6, 6.07) is 5.38. The van der Waals surface area contributed by atoms with Crippen molar-refractivity contribution in [2.45, 2.75) is 31.3 Å². The first-order valence-electron chi connectivity index (χ1n) is 6.97. The summed E-state index contributed by atoms with van der Waals surface area (Å²) in [7, 11) is -3.49. The van der Waals surface area contributed by atoms with E-state index in [4.69, 9.17) is 4.74 Å². The van der Waals surface area contributed by atoms with Crippen LogP contribution in [0.3, 0.4) is 0 Å². The molecule has 0 aliphatic heterocycles. The van der Waals surface area contributed by atoms with Gasteiger partial charge in [0.25, 0.3) is 0 Å². The number of benzene rings is 1. The number of hydrogen-bond acceptors (Lipinski definition) is 4. The third kappa shape index (κ3) is 5.26. The van der Waals surface area contributed by atoms with Crippen molar-refractivity contribution in [3.05, 3.63) is 30.1 Å². The van der Waals surface area contributed by atoms with Crippen molar-refractivity contribution in [1.29, 1.82) is 0 Å². The molecule has 0 radical (unpaired) electrons. The number of rotatable bonds is 7. The van der Waals surface area contributed by atoms with Crippen LogP contribution in [0.25, 0.3) is 0 Å². The first kappa shape index (κ1) is 16.2. The molecule has 5 nitrogen and oxygen atoms in total. The van der Waals surface area contributed by atoms with Gasteiger partial charge in [-0.2, -0.15) is 0 Å². The fourth-order valence-corrected chi connectivity index (χ4v) is 3.26. The van der Waals surface area contributed by atoms with Gasteiger partial charge >= 0.3 is 0 Å². The first-order valence-corrected chi connectivity index (χ1v) is 8.62. The van der Waals surface area contributed by atoms with Gasteiger partial charge in [0, 0.05) is 6.54 Å². The summed E-state index contributed by atoms with van der Waals surface area (Å²) < 4.78 is 44.0. The number of sulfonamides is 1. The molecule has 0 bridgehead atoms. The molecule has 1 fully saturated rings. The van der Waals surface area contributed by atoms with Gasteiger partial charge in [0.1, 0.15) is 18.2 Å². The maximum atomic E-state index is 12.7. The number of ether oxygens (including phenoxy) is 1. The van der Waals surface area contributed by atoms with Gasteiger partial charge in [0.2, 0.25) is 10.0 Å². The van der Waals surface area contributed by atoms with E-state index in [0.717, 1.165) is 12.8 Å². The topological polar surface area (TPSA) is 75.6 Å². The van der Waals surface area contributed by atoms with Crippen molar-refractivity contribution in [2.75, 3.05) is 18.9 Å². The average Bonchev–Trinajstić information content (AvgIpc) is 2.87. The van der Waals surface area contributed by atoms with Crippen LogP contribution in [-0.4, -0.2) is 38.0 Å². The SMILES string of the molecule is O=S(=O)(CCOc1ccc(F)cc1)NCC1(O)CCCC1. The highest BCUT2D eigenvalue weighted by molar-refractivity contribution is 7.89. The zero-order valence-corrected chi connectivity index (χ0v) is 12.5. The normalized spacial score (nSPS) is 17.8. The molecule has 0 amide bonds. The summed E-state index contributed by atoms with van der Waals surface area (Å²) in [5, 5.41) is 10.1. The average molecular weight is 317 g/mol. The van der Waals surface area contributed by atoms with Gasteiger partial charge in [-0.15, -0.1) is 0 Å². The second-order valence-corrected chi connectivity index (χ2v) is 7.30. The fraction of sp³-hybridized carbons (Fsp3) is 0.571. The summed E-state index contributed by atoms with van der Waals surface area (Å²) in [6.07, 6.45) is 3.10. The third-order valence-electron chi connectivity index (χ3n) is 3.59. The third-order valence-corrected chi connectivity index (χ3v) is 4.88. The molecule has 0 unspecified atom stereocenters. The summed E-state index contributed by atoms with van der Waals surface area (Å²) in [4.78, 5) is 0. The van der Waals surface area contributed by atoms with Crippen LogP contribution >= 0.6 is 0 Å². The standard InChI is InChI=1S/C14H20FNO4S/c15-12-3-5-13(6-4-12)20-9-10-21(18,19)16-11-14(17)7-1-2-8-14/h3-6,16-17H,1-2,7-11H2. The van der Waals surface area contributed by atoms with E-state index < -0.39 is 15.6 Å². The second-order valence-electron chi connectivity index (χ2n) is 5.37. The Morgan fingerprint density at radius 3 is 2.48 bits per heavy atom. The smallest absolute Gasteiger partial charge is 0.215 e. The lowest BCUT2D eigenvalue weighted by Gasteiger charge is -2.22. The van der Waals surface area contributed by atoms with Crippen molar-refractivity contribution in [1.82, 2.24) is 4.72 Å². The maximum absolute atomic E-state index is 12.7. The number of aliphatic hydroxyl groups is 1. The Morgan fingerprint density at radius 1 is 1.24 bits per heavy atom. The molecule has 21 heavy (non-hydrogen) atoms. The van der Waals surface area contributed by atoms with Gasteiger partial charge in [0.05, 0.1) is 11.4 Å². The molecule has 1 aliphatic carbocycles. The molecule has 0 heterocycles. The predicted octanol–water partition coefficient (Wildman–Crippen LogP) is 1.43. The van der Waals surface area contributed by atoms with Crippen molar-refractivity contribution in [3.8, 4) is 5.75 Å². The molecule has 1 saturated carbocycles. The molecule has 0 saturated heterocycles. The molecule has 7 heteroatoms. The molecule has 2 rings (SSSR count). The Kier molecular flexibility index (Phi) is 5.18. The maximum Gasteiger partial charge on any atom is 0.215 e. The van der Waals surface area contributed by atoms with Crippen LogP contribution in [-0.2, 0) is 10.0 Å². The molecule has 0 atom stereocenters. The van der Waals surface area contributed by atoms with E-state index in [1.807, 2.05) is 0 Å². The van der Waals surface area contributed by atoms with Gasteiger partial charge in [-0.25, -0.2) is 17.5 Å². The number of hydrogen-bond donors (Lipinski definition) is 2. The summed E-state index contributed by atoms with van der Waals surface area (Å²) in [5.74, 6) is -0.164. The Morgan fingerprint density at radius 2 is 1.86 bits per heavy atom. The zero-order valence-electron chi connectivity index (χ0n) is 11.7. The summed E-state index contributed by atoms with van der Waals surface area (Å²) >= 11 is 0. The minimum absolute atomic E-state index is 0.0284. The Bertz CT molecular complexity index is 553. The Hall–Kier alpha value is -1.18. The number of halogens is 1. The Labute approximate surface area is 124 Å². The molecule has 0 aromatic heterocycles. The van der Waals surface area contributed by atoms with E-state index in [1.165, 1.54) is 24.3 Å². The van der Waals surface area contributed by atoms with Gasteiger partial charge < -0.3 is 9.84 Å². The summed E-state index contributed by atoms with van der Waals surface area (Å²) in [5.41, 5.74) is -0.912.